The number of aliphatic carboxylic acids is 1. The van der Waals surface area contributed by atoms with Crippen molar-refractivity contribution in [3.05, 3.63) is 35.6 Å². The molecule has 1 rings (SSSR count). The second-order valence-corrected chi connectivity index (χ2v) is 4.87. The summed E-state index contributed by atoms with van der Waals surface area (Å²) in [4.78, 5) is 24.0. The summed E-state index contributed by atoms with van der Waals surface area (Å²) in [5.74, 6) is -1.46. The van der Waals surface area contributed by atoms with Crippen LogP contribution >= 0.6 is 0 Å². The van der Waals surface area contributed by atoms with E-state index in [1.54, 1.807) is 12.1 Å². The minimum absolute atomic E-state index is 0.164. The van der Waals surface area contributed by atoms with Gasteiger partial charge in [0.25, 0.3) is 0 Å². The van der Waals surface area contributed by atoms with Crippen LogP contribution in [0.2, 0.25) is 0 Å². The lowest BCUT2D eigenvalue weighted by Gasteiger charge is -2.21. The summed E-state index contributed by atoms with van der Waals surface area (Å²) in [6.45, 7) is 3.63. The lowest BCUT2D eigenvalue weighted by Crippen LogP contribution is -2.35. The highest BCUT2D eigenvalue weighted by atomic mass is 19.1. The molecule has 0 aliphatic carbocycles. The largest absolute Gasteiger partial charge is 0.480 e. The number of nitrogens with zero attached hydrogens (tertiary/aromatic N) is 1. The maximum atomic E-state index is 12.8. The third-order valence-electron chi connectivity index (χ3n) is 2.55. The molecule has 0 aliphatic rings. The summed E-state index contributed by atoms with van der Waals surface area (Å²) in [6, 6.07) is 5.68. The molecule has 0 spiro atoms. The molecule has 0 aliphatic heterocycles. The first-order valence-corrected chi connectivity index (χ1v) is 6.12. The molecular formula is C14H18FNO3. The predicted molar refractivity (Wildman–Crippen MR) is 68.9 cm³/mol. The van der Waals surface area contributed by atoms with Crippen LogP contribution in [-0.2, 0) is 16.1 Å². The van der Waals surface area contributed by atoms with Crippen molar-refractivity contribution in [1.29, 1.82) is 0 Å². The molecule has 1 amide bonds. The fourth-order valence-corrected chi connectivity index (χ4v) is 1.68. The second kappa shape index (κ2) is 6.87. The third-order valence-corrected chi connectivity index (χ3v) is 2.55. The van der Waals surface area contributed by atoms with Gasteiger partial charge in [-0.1, -0.05) is 26.0 Å². The van der Waals surface area contributed by atoms with Crippen LogP contribution in [0.5, 0.6) is 0 Å². The lowest BCUT2D eigenvalue weighted by molar-refractivity contribution is -0.145. The molecule has 0 fully saturated rings. The Morgan fingerprint density at radius 1 is 1.26 bits per heavy atom. The smallest absolute Gasteiger partial charge is 0.323 e. The van der Waals surface area contributed by atoms with Gasteiger partial charge in [0.15, 0.2) is 0 Å². The van der Waals surface area contributed by atoms with Crippen LogP contribution in [0.25, 0.3) is 0 Å². The second-order valence-electron chi connectivity index (χ2n) is 4.87. The summed E-state index contributed by atoms with van der Waals surface area (Å²) in [6.07, 6.45) is 0.300. The summed E-state index contributed by atoms with van der Waals surface area (Å²) < 4.78 is 12.8. The Bertz CT molecular complexity index is 443. The highest BCUT2D eigenvalue weighted by Gasteiger charge is 2.18. The highest BCUT2D eigenvalue weighted by Crippen LogP contribution is 2.10. The SMILES string of the molecule is CC(C)CC(=O)N(CC(=O)O)Cc1ccc(F)cc1. The number of carbonyl (C=O) groups is 2. The lowest BCUT2D eigenvalue weighted by atomic mass is 10.1. The maximum absolute atomic E-state index is 12.8. The Kier molecular flexibility index (Phi) is 5.48. The topological polar surface area (TPSA) is 57.6 Å². The monoisotopic (exact) mass is 267 g/mol. The molecule has 19 heavy (non-hydrogen) atoms. The van der Waals surface area contributed by atoms with Crippen molar-refractivity contribution in [2.75, 3.05) is 6.54 Å². The molecule has 0 bridgehead atoms. The van der Waals surface area contributed by atoms with Crippen LogP contribution in [0, 0.1) is 11.7 Å². The Balaban J connectivity index is 2.76. The minimum atomic E-state index is -1.06. The van der Waals surface area contributed by atoms with Gasteiger partial charge in [-0.05, 0) is 23.6 Å². The quantitative estimate of drug-likeness (QED) is 0.860. The number of hydrogen-bond donors (Lipinski definition) is 1. The molecule has 0 saturated heterocycles. The summed E-state index contributed by atoms with van der Waals surface area (Å²) in [7, 11) is 0. The van der Waals surface area contributed by atoms with Gasteiger partial charge in [0, 0.05) is 13.0 Å². The van der Waals surface area contributed by atoms with Crippen LogP contribution in [-0.4, -0.2) is 28.4 Å². The summed E-state index contributed by atoms with van der Waals surface area (Å²) in [5.41, 5.74) is 0.708. The van der Waals surface area contributed by atoms with E-state index in [-0.39, 0.29) is 30.7 Å². The third kappa shape index (κ3) is 5.50. The maximum Gasteiger partial charge on any atom is 0.323 e. The molecule has 0 saturated carbocycles. The van der Waals surface area contributed by atoms with Crippen LogP contribution in [0.1, 0.15) is 25.8 Å². The summed E-state index contributed by atoms with van der Waals surface area (Å²) in [5, 5.41) is 8.84. The normalized spacial score (nSPS) is 10.5. The van der Waals surface area contributed by atoms with Crippen molar-refractivity contribution in [1.82, 2.24) is 4.90 Å². The molecule has 0 atom stereocenters. The number of carboxylic acid groups (broad SMARTS) is 1. The van der Waals surface area contributed by atoms with Crippen LogP contribution in [0.4, 0.5) is 4.39 Å². The van der Waals surface area contributed by atoms with E-state index >= 15 is 0 Å². The molecule has 0 aromatic heterocycles. The highest BCUT2D eigenvalue weighted by molar-refractivity contribution is 5.81. The van der Waals surface area contributed by atoms with Gasteiger partial charge < -0.3 is 10.0 Å². The van der Waals surface area contributed by atoms with Crippen molar-refractivity contribution < 1.29 is 19.1 Å². The zero-order valence-electron chi connectivity index (χ0n) is 11.1. The Hall–Kier alpha value is -1.91. The first-order chi connectivity index (χ1) is 8.88. The molecule has 0 unspecified atom stereocenters. The van der Waals surface area contributed by atoms with Crippen molar-refractivity contribution in [3.8, 4) is 0 Å². The van der Waals surface area contributed by atoms with Gasteiger partial charge >= 0.3 is 5.97 Å². The van der Waals surface area contributed by atoms with E-state index in [9.17, 15) is 14.0 Å². The first kappa shape index (κ1) is 15.1. The molecule has 1 aromatic rings. The molecule has 0 radical (unpaired) electrons. The Morgan fingerprint density at radius 3 is 2.32 bits per heavy atom. The van der Waals surface area contributed by atoms with Crippen molar-refractivity contribution in [2.45, 2.75) is 26.8 Å². The van der Waals surface area contributed by atoms with E-state index in [1.165, 1.54) is 17.0 Å². The standard InChI is InChI=1S/C14H18FNO3/c1-10(2)7-13(17)16(9-14(18)19)8-11-3-5-12(15)6-4-11/h3-6,10H,7-9H2,1-2H3,(H,18,19). The van der Waals surface area contributed by atoms with Gasteiger partial charge in [0.05, 0.1) is 0 Å². The zero-order chi connectivity index (χ0) is 14.4. The van der Waals surface area contributed by atoms with Gasteiger partial charge in [-0.3, -0.25) is 9.59 Å². The molecule has 1 aromatic carbocycles. The van der Waals surface area contributed by atoms with E-state index in [1.807, 2.05) is 13.8 Å². The van der Waals surface area contributed by atoms with Crippen molar-refractivity contribution in [2.24, 2.45) is 5.92 Å². The average molecular weight is 267 g/mol. The number of halogens is 1. The van der Waals surface area contributed by atoms with Crippen molar-refractivity contribution in [3.63, 3.8) is 0 Å². The Morgan fingerprint density at radius 2 is 1.84 bits per heavy atom. The van der Waals surface area contributed by atoms with Gasteiger partial charge in [0.2, 0.25) is 5.91 Å². The van der Waals surface area contributed by atoms with Crippen LogP contribution < -0.4 is 0 Å². The summed E-state index contributed by atoms with van der Waals surface area (Å²) >= 11 is 0. The number of amides is 1. The van der Waals surface area contributed by atoms with E-state index in [0.29, 0.717) is 12.0 Å². The molecular weight excluding hydrogens is 249 g/mol. The number of carbonyl (C=O) groups excluding carboxylic acids is 1. The number of carboxylic acids is 1. The van der Waals surface area contributed by atoms with Gasteiger partial charge in [0.1, 0.15) is 12.4 Å². The van der Waals surface area contributed by atoms with E-state index in [0.717, 1.165) is 0 Å². The van der Waals surface area contributed by atoms with Crippen LogP contribution in [0.15, 0.2) is 24.3 Å². The van der Waals surface area contributed by atoms with E-state index < -0.39 is 5.97 Å². The fraction of sp³-hybridized carbons (Fsp3) is 0.429. The number of rotatable bonds is 6. The van der Waals surface area contributed by atoms with Gasteiger partial charge in [-0.2, -0.15) is 0 Å². The molecule has 4 nitrogen and oxygen atoms in total. The first-order valence-electron chi connectivity index (χ1n) is 6.12. The fourth-order valence-electron chi connectivity index (χ4n) is 1.68. The number of hydrogen-bond acceptors (Lipinski definition) is 2. The predicted octanol–water partition coefficient (Wildman–Crippen LogP) is 2.29. The zero-order valence-corrected chi connectivity index (χ0v) is 11.1. The Labute approximate surface area is 111 Å². The number of benzene rings is 1. The molecule has 104 valence electrons. The van der Waals surface area contributed by atoms with E-state index in [4.69, 9.17) is 5.11 Å². The average Bonchev–Trinajstić information content (AvgIpc) is 2.29. The van der Waals surface area contributed by atoms with Crippen molar-refractivity contribution >= 4 is 11.9 Å². The molecule has 5 heteroatoms. The van der Waals surface area contributed by atoms with Crippen LogP contribution in [0.3, 0.4) is 0 Å². The van der Waals surface area contributed by atoms with Gasteiger partial charge in [-0.15, -0.1) is 0 Å². The molecule has 1 N–H and O–H groups in total. The van der Waals surface area contributed by atoms with E-state index in [2.05, 4.69) is 0 Å². The van der Waals surface area contributed by atoms with Gasteiger partial charge in [-0.25, -0.2) is 4.39 Å². The minimum Gasteiger partial charge on any atom is -0.480 e. The molecule has 0 heterocycles.